The smallest absolute Gasteiger partial charge is 0.338 e. The normalized spacial score (nSPS) is 14.8. The van der Waals surface area contributed by atoms with E-state index >= 15 is 0 Å². The van der Waals surface area contributed by atoms with Crippen molar-refractivity contribution in [3.05, 3.63) is 74.3 Å². The molecule has 2 aromatic rings. The monoisotopic (exact) mass is 408 g/mol. The number of benzene rings is 2. The summed E-state index contributed by atoms with van der Waals surface area (Å²) in [6, 6.07) is 9.59. The first-order valence-electron chi connectivity index (χ1n) is 10.1. The van der Waals surface area contributed by atoms with Gasteiger partial charge in [0.15, 0.2) is 0 Å². The molecule has 0 aliphatic heterocycles. The Balaban J connectivity index is 1.82. The zero-order valence-corrected chi connectivity index (χ0v) is 18.2. The molecule has 0 atom stereocenters. The molecule has 158 valence electrons. The first kappa shape index (κ1) is 21.7. The van der Waals surface area contributed by atoms with Gasteiger partial charge in [-0.25, -0.2) is 4.79 Å². The van der Waals surface area contributed by atoms with Crippen LogP contribution in [0.2, 0.25) is 0 Å². The van der Waals surface area contributed by atoms with Crippen molar-refractivity contribution in [3.8, 4) is 0 Å². The van der Waals surface area contributed by atoms with Gasteiger partial charge in [0.25, 0.3) is 5.69 Å². The van der Waals surface area contributed by atoms with Crippen molar-refractivity contribution in [1.82, 2.24) is 0 Å². The van der Waals surface area contributed by atoms with Gasteiger partial charge in [-0.3, -0.25) is 10.1 Å². The Bertz CT molecular complexity index is 1010. The van der Waals surface area contributed by atoms with Crippen LogP contribution in [-0.4, -0.2) is 23.2 Å². The van der Waals surface area contributed by atoms with E-state index < -0.39 is 10.9 Å². The number of nitrogens with one attached hydrogen (secondary N) is 1. The Morgan fingerprint density at radius 3 is 2.40 bits per heavy atom. The predicted molar refractivity (Wildman–Crippen MR) is 117 cm³/mol. The lowest BCUT2D eigenvalue weighted by Gasteiger charge is -2.26. The van der Waals surface area contributed by atoms with Gasteiger partial charge < -0.3 is 10.1 Å². The van der Waals surface area contributed by atoms with Gasteiger partial charge in [-0.15, -0.1) is 0 Å². The van der Waals surface area contributed by atoms with Crippen LogP contribution in [0, 0.1) is 15.5 Å². The molecule has 1 N–H and O–H groups in total. The van der Waals surface area contributed by atoms with Crippen molar-refractivity contribution in [1.29, 1.82) is 5.41 Å². The summed E-state index contributed by atoms with van der Waals surface area (Å²) >= 11 is 0. The minimum Gasteiger partial charge on any atom is -0.456 e. The van der Waals surface area contributed by atoms with E-state index in [9.17, 15) is 14.9 Å². The summed E-state index contributed by atoms with van der Waals surface area (Å²) in [7, 11) is 0. The fourth-order valence-corrected chi connectivity index (χ4v) is 3.84. The molecule has 0 heterocycles. The lowest BCUT2D eigenvalue weighted by Crippen LogP contribution is -2.20. The molecule has 0 amide bonds. The number of nitro benzene ring substituents is 1. The first-order valence-corrected chi connectivity index (χ1v) is 10.1. The zero-order chi connectivity index (χ0) is 22.3. The van der Waals surface area contributed by atoms with Crippen LogP contribution in [-0.2, 0) is 22.0 Å². The van der Waals surface area contributed by atoms with Crippen LogP contribution in [0.4, 0.5) is 5.69 Å². The highest BCUT2D eigenvalue weighted by molar-refractivity contribution is 6.03. The van der Waals surface area contributed by atoms with E-state index in [1.54, 1.807) is 0 Å². The summed E-state index contributed by atoms with van der Waals surface area (Å²) in [6.45, 7) is 10.8. The van der Waals surface area contributed by atoms with Crippen LogP contribution in [0.3, 0.4) is 0 Å². The summed E-state index contributed by atoms with van der Waals surface area (Å²) in [4.78, 5) is 22.6. The van der Waals surface area contributed by atoms with Gasteiger partial charge in [0.1, 0.15) is 6.61 Å². The van der Waals surface area contributed by atoms with E-state index in [1.807, 2.05) is 0 Å². The van der Waals surface area contributed by atoms with Crippen molar-refractivity contribution in [2.24, 2.45) is 0 Å². The maximum Gasteiger partial charge on any atom is 0.338 e. The number of ether oxygens (including phenoxy) is 1. The highest BCUT2D eigenvalue weighted by Crippen LogP contribution is 2.42. The highest BCUT2D eigenvalue weighted by Gasteiger charge is 2.34. The summed E-state index contributed by atoms with van der Waals surface area (Å²) in [5.41, 5.74) is 4.86. The minimum atomic E-state index is -0.599. The fraction of sp³-hybridized carbons (Fsp3) is 0.417. The number of nitrogens with zero attached hydrogens (tertiary/aromatic N) is 1. The van der Waals surface area contributed by atoms with Gasteiger partial charge in [-0.05, 0) is 58.6 Å². The molecule has 0 aromatic heterocycles. The zero-order valence-electron chi connectivity index (χ0n) is 18.2. The maximum absolute atomic E-state index is 12.3. The van der Waals surface area contributed by atoms with Crippen molar-refractivity contribution in [2.75, 3.05) is 6.61 Å². The molecule has 6 nitrogen and oxygen atoms in total. The summed E-state index contributed by atoms with van der Waals surface area (Å²) < 4.78 is 5.35. The molecule has 0 saturated carbocycles. The second kappa shape index (κ2) is 7.67. The van der Waals surface area contributed by atoms with Gasteiger partial charge in [0, 0.05) is 17.7 Å². The second-order valence-electron chi connectivity index (χ2n) is 9.54. The van der Waals surface area contributed by atoms with Crippen LogP contribution >= 0.6 is 0 Å². The number of hydrogen-bond acceptors (Lipinski definition) is 5. The predicted octanol–water partition coefficient (Wildman–Crippen LogP) is 5.34. The van der Waals surface area contributed by atoms with Gasteiger partial charge in [-0.2, -0.15) is 0 Å². The average molecular weight is 408 g/mol. The Morgan fingerprint density at radius 2 is 1.83 bits per heavy atom. The standard InChI is InChI=1S/C24H28N2O4/c1-23(2,3)16-12-19(18-10-11-24(4,5)20(18)13-16)21(25)14-30-22(27)15-6-8-17(9-7-15)26(28)29/h6-9,12-13,25H,10-11,14H2,1-5H3. The molecule has 1 aliphatic rings. The molecule has 0 spiro atoms. The molecule has 0 fully saturated rings. The van der Waals surface area contributed by atoms with E-state index in [0.29, 0.717) is 0 Å². The van der Waals surface area contributed by atoms with Crippen molar-refractivity contribution < 1.29 is 14.5 Å². The maximum atomic E-state index is 12.3. The van der Waals surface area contributed by atoms with E-state index in [4.69, 9.17) is 10.1 Å². The molecule has 6 heteroatoms. The molecule has 0 bridgehead atoms. The van der Waals surface area contributed by atoms with E-state index in [1.165, 1.54) is 35.4 Å². The van der Waals surface area contributed by atoms with Gasteiger partial charge in [0.05, 0.1) is 16.2 Å². The largest absolute Gasteiger partial charge is 0.456 e. The number of nitro groups is 1. The highest BCUT2D eigenvalue weighted by atomic mass is 16.6. The van der Waals surface area contributed by atoms with Crippen LogP contribution in [0.25, 0.3) is 0 Å². The van der Waals surface area contributed by atoms with Crippen LogP contribution in [0.15, 0.2) is 36.4 Å². The minimum absolute atomic E-state index is 0.0566. The number of carbonyl (C=O) groups excluding carboxylic acids is 1. The summed E-state index contributed by atoms with van der Waals surface area (Å²) in [6.07, 6.45) is 1.93. The van der Waals surface area contributed by atoms with Crippen molar-refractivity contribution in [3.63, 3.8) is 0 Å². The van der Waals surface area contributed by atoms with Crippen molar-refractivity contribution >= 4 is 17.4 Å². The van der Waals surface area contributed by atoms with Gasteiger partial charge in [-0.1, -0.05) is 40.7 Å². The van der Waals surface area contributed by atoms with E-state index in [-0.39, 0.29) is 34.4 Å². The first-order chi connectivity index (χ1) is 13.9. The molecule has 30 heavy (non-hydrogen) atoms. The van der Waals surface area contributed by atoms with Crippen molar-refractivity contribution in [2.45, 2.75) is 58.3 Å². The SMILES string of the molecule is CC(C)(C)c1cc(C(=N)COC(=O)c2ccc([N+](=O)[O-])cc2)c2c(c1)C(C)(C)CC2. The molecular formula is C24H28N2O4. The lowest BCUT2D eigenvalue weighted by atomic mass is 9.79. The van der Waals surface area contributed by atoms with E-state index in [2.05, 4.69) is 46.8 Å². The Hall–Kier alpha value is -3.02. The molecule has 0 saturated heterocycles. The molecule has 0 unspecified atom stereocenters. The van der Waals surface area contributed by atoms with Crippen LogP contribution in [0.1, 0.15) is 73.7 Å². The molecule has 3 rings (SSSR count). The topological polar surface area (TPSA) is 93.3 Å². The van der Waals surface area contributed by atoms with Crippen LogP contribution in [0.5, 0.6) is 0 Å². The van der Waals surface area contributed by atoms with Gasteiger partial charge in [0.2, 0.25) is 0 Å². The average Bonchev–Trinajstić information content (AvgIpc) is 2.99. The number of esters is 1. The van der Waals surface area contributed by atoms with E-state index in [0.717, 1.165) is 24.0 Å². The number of fused-ring (bicyclic) bond motifs is 1. The third kappa shape index (κ3) is 4.27. The van der Waals surface area contributed by atoms with Gasteiger partial charge >= 0.3 is 5.97 Å². The number of hydrogen-bond donors (Lipinski definition) is 1. The number of rotatable bonds is 5. The second-order valence-corrected chi connectivity index (χ2v) is 9.54. The molecule has 0 radical (unpaired) electrons. The fourth-order valence-electron chi connectivity index (χ4n) is 3.84. The third-order valence-electron chi connectivity index (χ3n) is 5.83. The Labute approximate surface area is 176 Å². The quantitative estimate of drug-likeness (QED) is 0.313. The molecule has 1 aliphatic carbocycles. The molecular weight excluding hydrogens is 380 g/mol. The summed E-state index contributed by atoms with van der Waals surface area (Å²) in [5.74, 6) is -0.599. The van der Waals surface area contributed by atoms with Crippen LogP contribution < -0.4 is 0 Å². The molecule has 2 aromatic carbocycles. The Kier molecular flexibility index (Phi) is 5.54. The number of non-ortho nitro benzene ring substituents is 1. The summed E-state index contributed by atoms with van der Waals surface area (Å²) in [5, 5.41) is 19.4. The third-order valence-corrected chi connectivity index (χ3v) is 5.83. The Morgan fingerprint density at radius 1 is 1.20 bits per heavy atom. The lowest BCUT2D eigenvalue weighted by molar-refractivity contribution is -0.384. The number of carbonyl (C=O) groups is 1.